The van der Waals surface area contributed by atoms with E-state index in [0.29, 0.717) is 12.1 Å². The Morgan fingerprint density at radius 1 is 1.43 bits per heavy atom. The normalized spacial score (nSPS) is 11.2. The topological polar surface area (TPSA) is 65.9 Å². The van der Waals surface area contributed by atoms with Crippen molar-refractivity contribution in [1.29, 1.82) is 0 Å². The second-order valence-corrected chi connectivity index (χ2v) is 4.02. The number of rotatable bonds is 6. The van der Waals surface area contributed by atoms with Crippen molar-refractivity contribution in [3.8, 4) is 0 Å². The van der Waals surface area contributed by atoms with Crippen molar-refractivity contribution >= 4 is 24.7 Å². The van der Waals surface area contributed by atoms with Gasteiger partial charge in [-0.15, -0.1) is 0 Å². The van der Waals surface area contributed by atoms with E-state index < -0.39 is 11.9 Å². The summed E-state index contributed by atoms with van der Waals surface area (Å²) in [4.78, 5) is 32.7. The predicted octanol–water partition coefficient (Wildman–Crippen LogP) is 1.37. The third-order valence-corrected chi connectivity index (χ3v) is 2.72. The van der Waals surface area contributed by atoms with E-state index in [9.17, 15) is 14.0 Å². The molecule has 0 spiro atoms. The Hall–Kier alpha value is -2.83. The first-order chi connectivity index (χ1) is 9.96. The summed E-state index contributed by atoms with van der Waals surface area (Å²) in [6.45, 7) is 6.88. The van der Waals surface area contributed by atoms with Crippen molar-refractivity contribution < 1.29 is 14.0 Å². The summed E-state index contributed by atoms with van der Waals surface area (Å²) in [5.41, 5.74) is 0.476. The average molecular weight is 290 g/mol. The van der Waals surface area contributed by atoms with Crippen LogP contribution >= 0.6 is 0 Å². The molecule has 1 heterocycles. The molecule has 0 aliphatic carbocycles. The van der Waals surface area contributed by atoms with Crippen LogP contribution in [-0.2, 0) is 9.59 Å². The summed E-state index contributed by atoms with van der Waals surface area (Å²) in [7, 11) is 2.93. The number of nitrogens with zero attached hydrogens (tertiary/aromatic N) is 4. The van der Waals surface area contributed by atoms with Gasteiger partial charge in [-0.2, -0.15) is 4.39 Å². The van der Waals surface area contributed by atoms with Crippen LogP contribution in [-0.4, -0.2) is 43.0 Å². The van der Waals surface area contributed by atoms with Crippen LogP contribution in [0.1, 0.15) is 0 Å². The van der Waals surface area contributed by atoms with Crippen LogP contribution in [0.3, 0.4) is 0 Å². The van der Waals surface area contributed by atoms with E-state index in [1.807, 2.05) is 0 Å². The second-order valence-electron chi connectivity index (χ2n) is 4.02. The second kappa shape index (κ2) is 7.09. The highest BCUT2D eigenvalue weighted by molar-refractivity contribution is 6.07. The van der Waals surface area contributed by atoms with Gasteiger partial charge in [0.25, 0.3) is 5.91 Å². The Labute approximate surface area is 121 Å². The summed E-state index contributed by atoms with van der Waals surface area (Å²) in [5, 5.41) is 0. The van der Waals surface area contributed by atoms with E-state index in [1.54, 1.807) is 0 Å². The van der Waals surface area contributed by atoms with Gasteiger partial charge >= 0.3 is 0 Å². The molecule has 2 amide bonds. The number of pyridine rings is 1. The Morgan fingerprint density at radius 3 is 2.52 bits per heavy atom. The lowest BCUT2D eigenvalue weighted by Gasteiger charge is -2.20. The number of halogens is 1. The van der Waals surface area contributed by atoms with Crippen LogP contribution in [0, 0.1) is 5.95 Å². The molecular formula is C14H15FN4O2. The first kappa shape index (κ1) is 16.2. The van der Waals surface area contributed by atoms with Gasteiger partial charge in [0.15, 0.2) is 0 Å². The molecule has 0 bridgehead atoms. The fourth-order valence-corrected chi connectivity index (χ4v) is 1.58. The standard InChI is InChI=1S/C14H15FN4O2/c1-5-11(13(16-2)18(3)9-20)14(21)19(4)10-6-7-12(15)17-8-10/h5-9H,1-2H2,3-4H3/b13-11-. The molecule has 7 heteroatoms. The zero-order valence-corrected chi connectivity index (χ0v) is 11.8. The van der Waals surface area contributed by atoms with Gasteiger partial charge in [0.1, 0.15) is 5.82 Å². The van der Waals surface area contributed by atoms with Crippen LogP contribution in [0.25, 0.3) is 0 Å². The minimum atomic E-state index is -0.645. The Morgan fingerprint density at radius 2 is 2.10 bits per heavy atom. The van der Waals surface area contributed by atoms with E-state index >= 15 is 0 Å². The van der Waals surface area contributed by atoms with Crippen molar-refractivity contribution in [3.05, 3.63) is 48.3 Å². The fourth-order valence-electron chi connectivity index (χ4n) is 1.58. The number of hydrogen-bond donors (Lipinski definition) is 0. The van der Waals surface area contributed by atoms with Crippen LogP contribution in [0.5, 0.6) is 0 Å². The number of carbonyl (C=O) groups is 2. The zero-order chi connectivity index (χ0) is 16.0. The molecule has 6 nitrogen and oxygen atoms in total. The van der Waals surface area contributed by atoms with E-state index in [-0.39, 0.29) is 11.4 Å². The molecule has 1 aromatic heterocycles. The Balaban J connectivity index is 3.21. The molecule has 1 aromatic rings. The SMILES string of the molecule is C=C/C(C(=O)N(C)c1ccc(F)nc1)=C(\N=C)N(C)C=O. The summed E-state index contributed by atoms with van der Waals surface area (Å²) in [6.07, 6.45) is 3.00. The van der Waals surface area contributed by atoms with Crippen LogP contribution in [0.2, 0.25) is 0 Å². The lowest BCUT2D eigenvalue weighted by molar-refractivity contribution is -0.115. The summed E-state index contributed by atoms with van der Waals surface area (Å²) in [5.74, 6) is -1.05. The van der Waals surface area contributed by atoms with Gasteiger partial charge in [0.05, 0.1) is 17.5 Å². The fraction of sp³-hybridized carbons (Fsp3) is 0.143. The van der Waals surface area contributed by atoms with Gasteiger partial charge < -0.3 is 9.80 Å². The average Bonchev–Trinajstić information content (AvgIpc) is 2.51. The van der Waals surface area contributed by atoms with Crippen molar-refractivity contribution in [2.45, 2.75) is 0 Å². The molecule has 0 radical (unpaired) electrons. The third kappa shape index (κ3) is 3.59. The maximum Gasteiger partial charge on any atom is 0.261 e. The maximum atomic E-state index is 12.8. The van der Waals surface area contributed by atoms with E-state index in [4.69, 9.17) is 0 Å². The van der Waals surface area contributed by atoms with Gasteiger partial charge in [-0.1, -0.05) is 12.7 Å². The van der Waals surface area contributed by atoms with E-state index in [1.165, 1.54) is 37.3 Å². The Bertz CT molecular complexity index is 595. The van der Waals surface area contributed by atoms with Crippen molar-refractivity contribution in [1.82, 2.24) is 9.88 Å². The first-order valence-electron chi connectivity index (χ1n) is 5.87. The number of amides is 2. The number of anilines is 1. The molecule has 1 rings (SSSR count). The maximum absolute atomic E-state index is 12.8. The van der Waals surface area contributed by atoms with Gasteiger partial charge in [-0.25, -0.2) is 9.98 Å². The molecule has 110 valence electrons. The molecular weight excluding hydrogens is 275 g/mol. The zero-order valence-electron chi connectivity index (χ0n) is 11.8. The number of hydrogen-bond acceptors (Lipinski definition) is 4. The lowest BCUT2D eigenvalue weighted by atomic mass is 10.2. The summed E-state index contributed by atoms with van der Waals surface area (Å²) in [6, 6.07) is 2.55. The van der Waals surface area contributed by atoms with Crippen molar-refractivity contribution in [2.24, 2.45) is 4.99 Å². The molecule has 0 N–H and O–H groups in total. The number of aromatic nitrogens is 1. The number of likely N-dealkylation sites (N-methyl/N-ethyl adjacent to an activating group) is 1. The molecule has 0 saturated heterocycles. The minimum Gasteiger partial charge on any atom is -0.310 e. The van der Waals surface area contributed by atoms with Gasteiger partial charge in [0, 0.05) is 14.1 Å². The van der Waals surface area contributed by atoms with Crippen LogP contribution in [0.15, 0.2) is 47.4 Å². The third-order valence-electron chi connectivity index (χ3n) is 2.72. The smallest absolute Gasteiger partial charge is 0.261 e. The van der Waals surface area contributed by atoms with Crippen molar-refractivity contribution in [2.75, 3.05) is 19.0 Å². The highest BCUT2D eigenvalue weighted by Crippen LogP contribution is 2.18. The molecule has 21 heavy (non-hydrogen) atoms. The molecule has 0 atom stereocenters. The monoisotopic (exact) mass is 290 g/mol. The summed E-state index contributed by atoms with van der Waals surface area (Å²) < 4.78 is 12.8. The predicted molar refractivity (Wildman–Crippen MR) is 78.2 cm³/mol. The van der Waals surface area contributed by atoms with Gasteiger partial charge in [-0.3, -0.25) is 9.59 Å². The molecule has 0 fully saturated rings. The highest BCUT2D eigenvalue weighted by atomic mass is 19.1. The molecule has 0 unspecified atom stereocenters. The van der Waals surface area contributed by atoms with Crippen molar-refractivity contribution in [3.63, 3.8) is 0 Å². The van der Waals surface area contributed by atoms with Crippen LogP contribution in [0.4, 0.5) is 10.1 Å². The van der Waals surface area contributed by atoms with E-state index in [0.717, 1.165) is 11.0 Å². The molecule has 0 aliphatic rings. The highest BCUT2D eigenvalue weighted by Gasteiger charge is 2.20. The lowest BCUT2D eigenvalue weighted by Crippen LogP contribution is -2.30. The Kier molecular flexibility index (Phi) is 5.48. The van der Waals surface area contributed by atoms with Crippen LogP contribution < -0.4 is 4.90 Å². The molecule has 0 saturated carbocycles. The van der Waals surface area contributed by atoms with Gasteiger partial charge in [0.2, 0.25) is 12.4 Å². The number of aliphatic imine (C=N–C) groups is 1. The quantitative estimate of drug-likeness (QED) is 0.261. The number of carbonyl (C=O) groups excluding carboxylic acids is 2. The van der Waals surface area contributed by atoms with Gasteiger partial charge in [-0.05, 0) is 18.9 Å². The first-order valence-corrected chi connectivity index (χ1v) is 5.87. The molecule has 0 aromatic carbocycles. The molecule has 0 aliphatic heterocycles. The van der Waals surface area contributed by atoms with E-state index in [2.05, 4.69) is 23.3 Å². The summed E-state index contributed by atoms with van der Waals surface area (Å²) >= 11 is 0. The minimum absolute atomic E-state index is 0.0759. The largest absolute Gasteiger partial charge is 0.310 e.